The number of hydrogen-bond donors (Lipinski definition) is 2. The minimum atomic E-state index is -3.85. The Labute approximate surface area is 193 Å². The Kier molecular flexibility index (Phi) is 6.17. The summed E-state index contributed by atoms with van der Waals surface area (Å²) in [6.07, 6.45) is 2.87. The molecule has 0 unspecified atom stereocenters. The molecule has 2 N–H and O–H groups in total. The highest BCUT2D eigenvalue weighted by Crippen LogP contribution is 2.30. The molecule has 4 aromatic rings. The van der Waals surface area contributed by atoms with E-state index in [0.717, 1.165) is 5.56 Å². The lowest BCUT2D eigenvalue weighted by Crippen LogP contribution is -2.15. The fourth-order valence-corrected chi connectivity index (χ4v) is 4.89. The zero-order valence-corrected chi connectivity index (χ0v) is 19.0. The van der Waals surface area contributed by atoms with Gasteiger partial charge in [0, 0.05) is 28.7 Å². The first kappa shape index (κ1) is 21.9. The number of nitrogens with zero attached hydrogens (tertiary/aromatic N) is 3. The van der Waals surface area contributed by atoms with Gasteiger partial charge >= 0.3 is 0 Å². The van der Waals surface area contributed by atoms with Crippen molar-refractivity contribution in [3.05, 3.63) is 82.6 Å². The molecule has 0 saturated carbocycles. The van der Waals surface area contributed by atoms with E-state index in [1.165, 1.54) is 48.0 Å². The third-order valence-electron chi connectivity index (χ3n) is 4.29. The van der Waals surface area contributed by atoms with Crippen LogP contribution in [0.3, 0.4) is 0 Å². The highest BCUT2D eigenvalue weighted by Gasteiger charge is 2.18. The summed E-state index contributed by atoms with van der Waals surface area (Å²) < 4.78 is 27.2. The second kappa shape index (κ2) is 9.03. The van der Waals surface area contributed by atoms with Crippen molar-refractivity contribution in [1.29, 1.82) is 0 Å². The highest BCUT2D eigenvalue weighted by molar-refractivity contribution is 7.92. The molecule has 0 radical (unpaired) electrons. The first-order valence-electron chi connectivity index (χ1n) is 9.26. The lowest BCUT2D eigenvalue weighted by Gasteiger charge is -2.08. The van der Waals surface area contributed by atoms with Gasteiger partial charge in [-0.05, 0) is 49.4 Å². The number of aromatic nitrogens is 3. The van der Waals surface area contributed by atoms with Crippen molar-refractivity contribution >= 4 is 50.5 Å². The van der Waals surface area contributed by atoms with Gasteiger partial charge in [-0.2, -0.15) is 0 Å². The Morgan fingerprint density at radius 1 is 1.03 bits per heavy atom. The van der Waals surface area contributed by atoms with Crippen LogP contribution in [0.4, 0.5) is 11.6 Å². The molecule has 0 aliphatic rings. The number of carbonyl (C=O) groups is 1. The molecule has 0 aliphatic carbocycles. The third kappa shape index (κ3) is 4.93. The van der Waals surface area contributed by atoms with E-state index in [-0.39, 0.29) is 16.8 Å². The van der Waals surface area contributed by atoms with E-state index in [4.69, 9.17) is 11.6 Å². The van der Waals surface area contributed by atoms with E-state index in [0.29, 0.717) is 26.3 Å². The first-order valence-corrected chi connectivity index (χ1v) is 11.9. The maximum Gasteiger partial charge on any atom is 0.267 e. The van der Waals surface area contributed by atoms with Crippen LogP contribution in [0.5, 0.6) is 0 Å². The number of anilines is 2. The van der Waals surface area contributed by atoms with Crippen LogP contribution >= 0.6 is 22.9 Å². The molecular formula is C21H16ClN5O3S2. The molecule has 0 bridgehead atoms. The largest absolute Gasteiger partial charge is 0.321 e. The first-order chi connectivity index (χ1) is 15.3. The van der Waals surface area contributed by atoms with Crippen molar-refractivity contribution in [3.8, 4) is 10.6 Å². The van der Waals surface area contributed by atoms with E-state index in [2.05, 4.69) is 25.0 Å². The number of benzene rings is 2. The van der Waals surface area contributed by atoms with Gasteiger partial charge in [0.05, 0.1) is 10.6 Å². The fourth-order valence-electron chi connectivity index (χ4n) is 2.79. The van der Waals surface area contributed by atoms with Crippen LogP contribution in [0.2, 0.25) is 5.02 Å². The minimum Gasteiger partial charge on any atom is -0.321 e. The molecule has 4 rings (SSSR count). The molecule has 2 aromatic heterocycles. The fraction of sp³-hybridized carbons (Fsp3) is 0.0476. The number of halogens is 1. The zero-order chi connectivity index (χ0) is 22.7. The van der Waals surface area contributed by atoms with E-state index < -0.39 is 10.0 Å². The molecule has 11 heteroatoms. The Morgan fingerprint density at radius 3 is 2.44 bits per heavy atom. The SMILES string of the molecule is Cc1nc(-c2cccc(Cl)c2)sc1C(=O)Nc1ccc(S(=O)(=O)Nc2ncccn2)cc1. The summed E-state index contributed by atoms with van der Waals surface area (Å²) >= 11 is 7.30. The molecule has 0 saturated heterocycles. The number of carbonyl (C=O) groups excluding carboxylic acids is 1. The molecule has 0 aliphatic heterocycles. The van der Waals surface area contributed by atoms with Crippen LogP contribution in [0.25, 0.3) is 10.6 Å². The van der Waals surface area contributed by atoms with Crippen molar-refractivity contribution in [1.82, 2.24) is 15.0 Å². The van der Waals surface area contributed by atoms with Gasteiger partial charge in [0.25, 0.3) is 15.9 Å². The van der Waals surface area contributed by atoms with Crippen LogP contribution in [0, 0.1) is 6.92 Å². The molecule has 32 heavy (non-hydrogen) atoms. The molecule has 2 aromatic carbocycles. The molecule has 2 heterocycles. The summed E-state index contributed by atoms with van der Waals surface area (Å²) in [5.41, 5.74) is 1.87. The standard InChI is InChI=1S/C21H16ClN5O3S2/c1-13-18(31-20(25-13)14-4-2-5-15(22)12-14)19(28)26-16-6-8-17(9-7-16)32(29,30)27-21-23-10-3-11-24-21/h2-12H,1H3,(H,26,28)(H,23,24,27). The van der Waals surface area contributed by atoms with E-state index in [1.54, 1.807) is 25.1 Å². The summed E-state index contributed by atoms with van der Waals surface area (Å²) in [5.74, 6) is -0.360. The van der Waals surface area contributed by atoms with Crippen molar-refractivity contribution in [2.75, 3.05) is 10.0 Å². The van der Waals surface area contributed by atoms with Crippen LogP contribution < -0.4 is 10.0 Å². The number of rotatable bonds is 6. The Hall–Kier alpha value is -3.34. The van der Waals surface area contributed by atoms with Crippen molar-refractivity contribution in [3.63, 3.8) is 0 Å². The maximum atomic E-state index is 12.8. The van der Waals surface area contributed by atoms with E-state index >= 15 is 0 Å². The number of amides is 1. The van der Waals surface area contributed by atoms with Crippen LogP contribution in [0.1, 0.15) is 15.4 Å². The van der Waals surface area contributed by atoms with Gasteiger partial charge in [-0.3, -0.25) is 4.79 Å². The monoisotopic (exact) mass is 485 g/mol. The summed E-state index contributed by atoms with van der Waals surface area (Å²) in [7, 11) is -3.85. The van der Waals surface area contributed by atoms with Crippen LogP contribution in [-0.2, 0) is 10.0 Å². The lowest BCUT2D eigenvalue weighted by molar-refractivity contribution is 0.103. The number of sulfonamides is 1. The quantitative estimate of drug-likeness (QED) is 0.412. The topological polar surface area (TPSA) is 114 Å². The molecule has 8 nitrogen and oxygen atoms in total. The molecule has 1 amide bonds. The van der Waals surface area contributed by atoms with E-state index in [1.807, 2.05) is 12.1 Å². The average molecular weight is 486 g/mol. The minimum absolute atomic E-state index is 0.0140. The maximum absolute atomic E-state index is 12.8. The summed E-state index contributed by atoms with van der Waals surface area (Å²) in [6.45, 7) is 1.76. The zero-order valence-electron chi connectivity index (χ0n) is 16.6. The molecular weight excluding hydrogens is 470 g/mol. The van der Waals surface area contributed by atoms with Crippen molar-refractivity contribution in [2.24, 2.45) is 0 Å². The lowest BCUT2D eigenvalue weighted by atomic mass is 10.2. The Morgan fingerprint density at radius 2 is 1.75 bits per heavy atom. The van der Waals surface area contributed by atoms with Crippen LogP contribution in [0.15, 0.2) is 71.9 Å². The predicted octanol–water partition coefficient (Wildman–Crippen LogP) is 4.62. The molecule has 162 valence electrons. The normalized spacial score (nSPS) is 11.2. The summed E-state index contributed by atoms with van der Waals surface area (Å²) in [5, 5.41) is 4.04. The molecule has 0 fully saturated rings. The Balaban J connectivity index is 1.49. The van der Waals surface area contributed by atoms with Gasteiger partial charge in [-0.15, -0.1) is 11.3 Å². The van der Waals surface area contributed by atoms with Gasteiger partial charge in [-0.1, -0.05) is 23.7 Å². The van der Waals surface area contributed by atoms with Gasteiger partial charge < -0.3 is 5.32 Å². The number of aryl methyl sites for hydroxylation is 1. The van der Waals surface area contributed by atoms with Crippen LogP contribution in [-0.4, -0.2) is 29.3 Å². The highest BCUT2D eigenvalue weighted by atomic mass is 35.5. The van der Waals surface area contributed by atoms with Crippen molar-refractivity contribution in [2.45, 2.75) is 11.8 Å². The molecule has 0 atom stereocenters. The summed E-state index contributed by atoms with van der Waals surface area (Å²) in [6, 6.07) is 14.6. The van der Waals surface area contributed by atoms with Crippen molar-refractivity contribution < 1.29 is 13.2 Å². The average Bonchev–Trinajstić information content (AvgIpc) is 3.16. The number of thiazole rings is 1. The number of nitrogens with one attached hydrogen (secondary N) is 2. The predicted molar refractivity (Wildman–Crippen MR) is 125 cm³/mol. The summed E-state index contributed by atoms with van der Waals surface area (Å²) in [4.78, 5) is 25.4. The second-order valence-corrected chi connectivity index (χ2v) is 9.72. The smallest absolute Gasteiger partial charge is 0.267 e. The van der Waals surface area contributed by atoms with Gasteiger partial charge in [0.2, 0.25) is 5.95 Å². The van der Waals surface area contributed by atoms with E-state index in [9.17, 15) is 13.2 Å². The van der Waals surface area contributed by atoms with Gasteiger partial charge in [0.1, 0.15) is 9.88 Å². The second-order valence-electron chi connectivity index (χ2n) is 6.60. The molecule has 0 spiro atoms. The third-order valence-corrected chi connectivity index (χ3v) is 7.07. The van der Waals surface area contributed by atoms with Gasteiger partial charge in [0.15, 0.2) is 0 Å². The Bertz CT molecular complexity index is 1370. The van der Waals surface area contributed by atoms with Gasteiger partial charge in [-0.25, -0.2) is 28.1 Å². The number of hydrogen-bond acceptors (Lipinski definition) is 7.